The molecule has 2 rings (SSSR count). The molecule has 104 valence electrons. The highest BCUT2D eigenvalue weighted by atomic mass is 32.1. The van der Waals surface area contributed by atoms with Gasteiger partial charge in [0.1, 0.15) is 6.04 Å². The molecule has 0 spiro atoms. The third kappa shape index (κ3) is 3.56. The first-order valence-corrected chi connectivity index (χ1v) is 7.70. The topological polar surface area (TPSA) is 49.4 Å². The largest absolute Gasteiger partial charge is 0.353 e. The van der Waals surface area contributed by atoms with E-state index in [1.165, 1.54) is 4.88 Å². The molecule has 1 unspecified atom stereocenters. The summed E-state index contributed by atoms with van der Waals surface area (Å²) in [7, 11) is 0. The molecule has 0 aliphatic carbocycles. The first-order valence-electron chi connectivity index (χ1n) is 6.82. The number of nitrogens with zero attached hydrogens (tertiary/aromatic N) is 1. The van der Waals surface area contributed by atoms with E-state index >= 15 is 0 Å². The first kappa shape index (κ1) is 14.1. The molecule has 2 heterocycles. The molecule has 1 atom stereocenters. The summed E-state index contributed by atoms with van der Waals surface area (Å²) in [6.07, 6.45) is 3.01. The molecule has 1 fully saturated rings. The van der Waals surface area contributed by atoms with Gasteiger partial charge in [0, 0.05) is 24.4 Å². The van der Waals surface area contributed by atoms with Crippen LogP contribution in [0.1, 0.15) is 31.1 Å². The van der Waals surface area contributed by atoms with Gasteiger partial charge in [0.05, 0.1) is 0 Å². The molecule has 1 saturated heterocycles. The number of piperazine rings is 1. The number of rotatable bonds is 5. The zero-order valence-electron chi connectivity index (χ0n) is 11.2. The van der Waals surface area contributed by atoms with Crippen LogP contribution in [0.2, 0.25) is 0 Å². The van der Waals surface area contributed by atoms with E-state index in [9.17, 15) is 9.59 Å². The summed E-state index contributed by atoms with van der Waals surface area (Å²) >= 11 is 1.73. The van der Waals surface area contributed by atoms with E-state index < -0.39 is 0 Å². The van der Waals surface area contributed by atoms with E-state index in [4.69, 9.17) is 0 Å². The molecule has 0 saturated carbocycles. The summed E-state index contributed by atoms with van der Waals surface area (Å²) in [5.41, 5.74) is 0. The standard InChI is InChI=1S/C14H20N2O2S/c1-2-12-14(18)15-8-9-16(12)13(17)7-3-5-11-6-4-10-19-11/h4,6,10,12H,2-3,5,7-9H2,1H3,(H,15,18). The lowest BCUT2D eigenvalue weighted by Gasteiger charge is -2.34. The van der Waals surface area contributed by atoms with Gasteiger partial charge < -0.3 is 10.2 Å². The zero-order valence-corrected chi connectivity index (χ0v) is 12.0. The Morgan fingerprint density at radius 2 is 2.42 bits per heavy atom. The molecule has 0 radical (unpaired) electrons. The third-order valence-electron chi connectivity index (χ3n) is 3.43. The molecule has 19 heavy (non-hydrogen) atoms. The van der Waals surface area contributed by atoms with Crippen LogP contribution in [0.4, 0.5) is 0 Å². The number of amides is 2. The smallest absolute Gasteiger partial charge is 0.242 e. The first-order chi connectivity index (χ1) is 9.22. The maximum atomic E-state index is 12.2. The SMILES string of the molecule is CCC1C(=O)NCCN1C(=O)CCCc1cccs1. The van der Waals surface area contributed by atoms with Crippen molar-refractivity contribution in [1.82, 2.24) is 10.2 Å². The Morgan fingerprint density at radius 3 is 3.11 bits per heavy atom. The van der Waals surface area contributed by atoms with Crippen molar-refractivity contribution in [3.8, 4) is 0 Å². The molecule has 1 aliphatic rings. The summed E-state index contributed by atoms with van der Waals surface area (Å²) in [6, 6.07) is 3.85. The van der Waals surface area contributed by atoms with Crippen molar-refractivity contribution in [2.45, 2.75) is 38.6 Å². The van der Waals surface area contributed by atoms with Crippen LogP contribution in [0, 0.1) is 0 Å². The van der Waals surface area contributed by atoms with Crippen molar-refractivity contribution in [3.63, 3.8) is 0 Å². The average Bonchev–Trinajstić information content (AvgIpc) is 2.91. The Bertz CT molecular complexity index is 431. The Hall–Kier alpha value is -1.36. The molecule has 4 nitrogen and oxygen atoms in total. The van der Waals surface area contributed by atoms with Crippen LogP contribution in [0.3, 0.4) is 0 Å². The van der Waals surface area contributed by atoms with Gasteiger partial charge in [-0.15, -0.1) is 11.3 Å². The summed E-state index contributed by atoms with van der Waals surface area (Å²) in [5, 5.41) is 4.87. The van der Waals surface area contributed by atoms with Gasteiger partial charge in [0.25, 0.3) is 0 Å². The number of nitrogens with one attached hydrogen (secondary N) is 1. The minimum atomic E-state index is -0.275. The Balaban J connectivity index is 1.82. The highest BCUT2D eigenvalue weighted by Gasteiger charge is 2.30. The van der Waals surface area contributed by atoms with E-state index in [1.807, 2.05) is 13.0 Å². The maximum Gasteiger partial charge on any atom is 0.242 e. The fourth-order valence-corrected chi connectivity index (χ4v) is 3.18. The Labute approximate surface area is 117 Å². The molecule has 5 heteroatoms. The molecule has 0 aromatic carbocycles. The van der Waals surface area contributed by atoms with Crippen LogP contribution < -0.4 is 5.32 Å². The van der Waals surface area contributed by atoms with Crippen molar-refractivity contribution >= 4 is 23.2 Å². The maximum absolute atomic E-state index is 12.2. The minimum Gasteiger partial charge on any atom is -0.353 e. The summed E-state index contributed by atoms with van der Waals surface area (Å²) in [4.78, 5) is 26.9. The van der Waals surface area contributed by atoms with Gasteiger partial charge in [0.15, 0.2) is 0 Å². The molecule has 1 aliphatic heterocycles. The zero-order chi connectivity index (χ0) is 13.7. The molecule has 1 aromatic rings. The fraction of sp³-hybridized carbons (Fsp3) is 0.571. The van der Waals surface area contributed by atoms with Gasteiger partial charge in [-0.3, -0.25) is 9.59 Å². The van der Waals surface area contributed by atoms with Crippen LogP contribution in [0.15, 0.2) is 17.5 Å². The van der Waals surface area contributed by atoms with Crippen LogP contribution in [-0.2, 0) is 16.0 Å². The lowest BCUT2D eigenvalue weighted by atomic mass is 10.1. The molecule has 1 aromatic heterocycles. The molecular formula is C14H20N2O2S. The van der Waals surface area contributed by atoms with E-state index in [2.05, 4.69) is 16.8 Å². The quantitative estimate of drug-likeness (QED) is 0.894. The molecule has 1 N–H and O–H groups in total. The van der Waals surface area contributed by atoms with Gasteiger partial charge in [-0.05, 0) is 30.7 Å². The Morgan fingerprint density at radius 1 is 1.58 bits per heavy atom. The number of carbonyl (C=O) groups excluding carboxylic acids is 2. The van der Waals surface area contributed by atoms with Gasteiger partial charge in [-0.25, -0.2) is 0 Å². The fourth-order valence-electron chi connectivity index (χ4n) is 2.43. The Kier molecular flexibility index (Phi) is 4.96. The second kappa shape index (κ2) is 6.70. The second-order valence-corrected chi connectivity index (χ2v) is 5.77. The van der Waals surface area contributed by atoms with Crippen LogP contribution in [0.25, 0.3) is 0 Å². The van der Waals surface area contributed by atoms with Crippen LogP contribution >= 0.6 is 11.3 Å². The van der Waals surface area contributed by atoms with Gasteiger partial charge >= 0.3 is 0 Å². The predicted octanol–water partition coefficient (Wildman–Crippen LogP) is 1.81. The lowest BCUT2D eigenvalue weighted by Crippen LogP contribution is -2.56. The highest BCUT2D eigenvalue weighted by molar-refractivity contribution is 7.09. The lowest BCUT2D eigenvalue weighted by molar-refractivity contribution is -0.143. The van der Waals surface area contributed by atoms with Crippen molar-refractivity contribution in [1.29, 1.82) is 0 Å². The average molecular weight is 280 g/mol. The van der Waals surface area contributed by atoms with Crippen molar-refractivity contribution in [2.24, 2.45) is 0 Å². The van der Waals surface area contributed by atoms with E-state index in [1.54, 1.807) is 16.2 Å². The van der Waals surface area contributed by atoms with E-state index in [0.29, 0.717) is 25.9 Å². The highest BCUT2D eigenvalue weighted by Crippen LogP contribution is 2.15. The van der Waals surface area contributed by atoms with Gasteiger partial charge in [-0.2, -0.15) is 0 Å². The summed E-state index contributed by atoms with van der Waals surface area (Å²) in [6.45, 7) is 3.16. The van der Waals surface area contributed by atoms with Crippen molar-refractivity contribution < 1.29 is 9.59 Å². The van der Waals surface area contributed by atoms with Gasteiger partial charge in [-0.1, -0.05) is 13.0 Å². The van der Waals surface area contributed by atoms with Crippen molar-refractivity contribution in [3.05, 3.63) is 22.4 Å². The van der Waals surface area contributed by atoms with E-state index in [-0.39, 0.29) is 17.9 Å². The predicted molar refractivity (Wildman–Crippen MR) is 76.1 cm³/mol. The monoisotopic (exact) mass is 280 g/mol. The third-order valence-corrected chi connectivity index (χ3v) is 4.37. The number of hydrogen-bond donors (Lipinski definition) is 1. The summed E-state index contributed by atoms with van der Waals surface area (Å²) in [5.74, 6) is 0.0959. The number of aryl methyl sites for hydroxylation is 1. The minimum absolute atomic E-state index is 0.0136. The van der Waals surface area contributed by atoms with Crippen LogP contribution in [0.5, 0.6) is 0 Å². The van der Waals surface area contributed by atoms with Gasteiger partial charge in [0.2, 0.25) is 11.8 Å². The summed E-state index contributed by atoms with van der Waals surface area (Å²) < 4.78 is 0. The second-order valence-electron chi connectivity index (χ2n) is 4.74. The molecular weight excluding hydrogens is 260 g/mol. The van der Waals surface area contributed by atoms with Crippen LogP contribution in [-0.4, -0.2) is 35.8 Å². The molecule has 0 bridgehead atoms. The number of carbonyl (C=O) groups is 2. The molecule has 2 amide bonds. The number of hydrogen-bond acceptors (Lipinski definition) is 3. The van der Waals surface area contributed by atoms with E-state index in [0.717, 1.165) is 12.8 Å². The normalized spacial score (nSPS) is 19.3. The number of thiophene rings is 1. The van der Waals surface area contributed by atoms with Crippen molar-refractivity contribution in [2.75, 3.05) is 13.1 Å².